The van der Waals surface area contributed by atoms with Crippen LogP contribution in [-0.4, -0.2) is 25.8 Å². The first-order valence-electron chi connectivity index (χ1n) is 7.44. The average Bonchev–Trinajstić information content (AvgIpc) is 3.06. The van der Waals surface area contributed by atoms with E-state index in [1.165, 1.54) is 18.3 Å². The van der Waals surface area contributed by atoms with Gasteiger partial charge < -0.3 is 10.1 Å². The number of benzene rings is 2. The lowest BCUT2D eigenvalue weighted by Crippen LogP contribution is -2.05. The van der Waals surface area contributed by atoms with E-state index in [-0.39, 0.29) is 17.2 Å². The second kappa shape index (κ2) is 5.62. The summed E-state index contributed by atoms with van der Waals surface area (Å²) in [5, 5.41) is 10.4. The quantitative estimate of drug-likeness (QED) is 0.567. The monoisotopic (exact) mass is 315 g/mol. The van der Waals surface area contributed by atoms with E-state index in [0.717, 1.165) is 16.5 Å². The molecule has 0 aliphatic carbocycles. The number of hydrogen-bond donors (Lipinski definition) is 2. The maximum Gasteiger partial charge on any atom is 0.212 e. The van der Waals surface area contributed by atoms with Gasteiger partial charge >= 0.3 is 0 Å². The number of phenols is 1. The Morgan fingerprint density at radius 1 is 1.00 bits per heavy atom. The average molecular weight is 315 g/mol. The number of carbonyl (C=O) groups is 1. The number of aromatic nitrogens is 3. The fourth-order valence-electron chi connectivity index (χ4n) is 2.65. The van der Waals surface area contributed by atoms with Crippen molar-refractivity contribution in [3.63, 3.8) is 0 Å². The van der Waals surface area contributed by atoms with Gasteiger partial charge in [0.15, 0.2) is 0 Å². The van der Waals surface area contributed by atoms with E-state index in [0.29, 0.717) is 11.3 Å². The Kier molecular flexibility index (Phi) is 3.31. The predicted molar refractivity (Wildman–Crippen MR) is 90.9 cm³/mol. The van der Waals surface area contributed by atoms with Gasteiger partial charge in [-0.15, -0.1) is 0 Å². The van der Waals surface area contributed by atoms with E-state index in [1.807, 2.05) is 30.5 Å². The van der Waals surface area contributed by atoms with Crippen LogP contribution in [0.3, 0.4) is 0 Å². The summed E-state index contributed by atoms with van der Waals surface area (Å²) in [4.78, 5) is 24.4. The van der Waals surface area contributed by atoms with Crippen LogP contribution in [0.5, 0.6) is 5.75 Å². The molecule has 5 nitrogen and oxygen atoms in total. The second-order valence-corrected chi connectivity index (χ2v) is 5.41. The van der Waals surface area contributed by atoms with Gasteiger partial charge in [-0.05, 0) is 30.3 Å². The van der Waals surface area contributed by atoms with Crippen molar-refractivity contribution in [1.29, 1.82) is 0 Å². The van der Waals surface area contributed by atoms with Gasteiger partial charge in [-0.3, -0.25) is 9.78 Å². The van der Waals surface area contributed by atoms with E-state index in [1.54, 1.807) is 18.3 Å². The van der Waals surface area contributed by atoms with Crippen LogP contribution < -0.4 is 0 Å². The summed E-state index contributed by atoms with van der Waals surface area (Å²) in [7, 11) is 0. The molecule has 2 aromatic carbocycles. The number of H-pyrrole nitrogens is 1. The first kappa shape index (κ1) is 14.1. The zero-order chi connectivity index (χ0) is 16.5. The van der Waals surface area contributed by atoms with Gasteiger partial charge in [0, 0.05) is 28.2 Å². The molecule has 4 aromatic rings. The lowest BCUT2D eigenvalue weighted by Gasteiger charge is -2.03. The highest BCUT2D eigenvalue weighted by Gasteiger charge is 2.14. The van der Waals surface area contributed by atoms with E-state index < -0.39 is 0 Å². The molecule has 0 radical (unpaired) electrons. The molecule has 0 aliphatic rings. The van der Waals surface area contributed by atoms with Crippen molar-refractivity contribution in [2.24, 2.45) is 0 Å². The van der Waals surface area contributed by atoms with Crippen LogP contribution in [0, 0.1) is 0 Å². The topological polar surface area (TPSA) is 78.9 Å². The fourth-order valence-corrected chi connectivity index (χ4v) is 2.65. The molecular formula is C19H13N3O2. The van der Waals surface area contributed by atoms with Gasteiger partial charge in [0.2, 0.25) is 5.78 Å². The zero-order valence-electron chi connectivity index (χ0n) is 12.6. The van der Waals surface area contributed by atoms with Crippen molar-refractivity contribution in [1.82, 2.24) is 15.0 Å². The second-order valence-electron chi connectivity index (χ2n) is 5.41. The van der Waals surface area contributed by atoms with Gasteiger partial charge in [-0.1, -0.05) is 18.2 Å². The van der Waals surface area contributed by atoms with Crippen LogP contribution in [0.15, 0.2) is 67.1 Å². The lowest BCUT2D eigenvalue weighted by molar-refractivity contribution is 0.103. The van der Waals surface area contributed by atoms with Crippen molar-refractivity contribution in [3.05, 3.63) is 78.4 Å². The van der Waals surface area contributed by atoms with Crippen LogP contribution in [0.1, 0.15) is 16.1 Å². The van der Waals surface area contributed by atoms with Crippen molar-refractivity contribution in [2.45, 2.75) is 0 Å². The number of aromatic hydroxyl groups is 1. The van der Waals surface area contributed by atoms with Crippen LogP contribution in [0.4, 0.5) is 0 Å². The van der Waals surface area contributed by atoms with E-state index in [4.69, 9.17) is 0 Å². The first-order chi connectivity index (χ1) is 11.7. The Bertz CT molecular complexity index is 1040. The molecule has 0 spiro atoms. The van der Waals surface area contributed by atoms with Gasteiger partial charge in [0.25, 0.3) is 0 Å². The van der Waals surface area contributed by atoms with Gasteiger partial charge in [-0.2, -0.15) is 0 Å². The molecular weight excluding hydrogens is 302 g/mol. The molecule has 0 aliphatic heterocycles. The molecule has 0 fully saturated rings. The van der Waals surface area contributed by atoms with Crippen LogP contribution in [-0.2, 0) is 0 Å². The molecule has 24 heavy (non-hydrogen) atoms. The lowest BCUT2D eigenvalue weighted by atomic mass is 10.1. The number of hydrogen-bond acceptors (Lipinski definition) is 4. The molecule has 2 heterocycles. The number of nitrogens with one attached hydrogen (secondary N) is 1. The third-order valence-corrected chi connectivity index (χ3v) is 3.86. The third kappa shape index (κ3) is 2.42. The summed E-state index contributed by atoms with van der Waals surface area (Å²) in [5.74, 6) is -0.116. The number of ketones is 1. The molecule has 0 saturated heterocycles. The normalized spacial score (nSPS) is 10.8. The zero-order valence-corrected chi connectivity index (χ0v) is 12.6. The number of aromatic amines is 1. The van der Waals surface area contributed by atoms with E-state index in [2.05, 4.69) is 15.0 Å². The number of carbonyl (C=O) groups excluding carboxylic acids is 1. The minimum absolute atomic E-state index is 0.116. The minimum atomic E-state index is -0.232. The van der Waals surface area contributed by atoms with Crippen molar-refractivity contribution in [2.75, 3.05) is 0 Å². The van der Waals surface area contributed by atoms with Gasteiger partial charge in [-0.25, -0.2) is 4.98 Å². The van der Waals surface area contributed by atoms with Crippen molar-refractivity contribution >= 4 is 16.7 Å². The number of rotatable bonds is 3. The summed E-state index contributed by atoms with van der Waals surface area (Å²) >= 11 is 0. The smallest absolute Gasteiger partial charge is 0.212 e. The molecule has 0 atom stereocenters. The minimum Gasteiger partial charge on any atom is -0.508 e. The largest absolute Gasteiger partial charge is 0.508 e. The van der Waals surface area contributed by atoms with E-state index >= 15 is 0 Å². The number of nitrogens with zero attached hydrogens (tertiary/aromatic N) is 2. The Hall–Kier alpha value is -3.47. The van der Waals surface area contributed by atoms with Crippen LogP contribution in [0.25, 0.3) is 22.2 Å². The Labute approximate surface area is 137 Å². The molecule has 5 heteroatoms. The maximum absolute atomic E-state index is 12.6. The SMILES string of the molecule is O=C(c1ccc(O)cc1)c1cncc(-c2c[nH]c3ccccc23)n1. The van der Waals surface area contributed by atoms with E-state index in [9.17, 15) is 9.90 Å². The van der Waals surface area contributed by atoms with Crippen molar-refractivity contribution in [3.8, 4) is 17.0 Å². The summed E-state index contributed by atoms with van der Waals surface area (Å²) in [6, 6.07) is 14.0. The summed E-state index contributed by atoms with van der Waals surface area (Å²) < 4.78 is 0. The first-order valence-corrected chi connectivity index (χ1v) is 7.44. The molecule has 4 rings (SSSR count). The van der Waals surface area contributed by atoms with Gasteiger partial charge in [0.1, 0.15) is 11.4 Å². The highest BCUT2D eigenvalue weighted by atomic mass is 16.3. The Morgan fingerprint density at radius 3 is 2.62 bits per heavy atom. The van der Waals surface area contributed by atoms with Crippen LogP contribution >= 0.6 is 0 Å². The van der Waals surface area contributed by atoms with Crippen molar-refractivity contribution < 1.29 is 9.90 Å². The molecule has 2 N–H and O–H groups in total. The Balaban J connectivity index is 1.76. The third-order valence-electron chi connectivity index (χ3n) is 3.86. The Morgan fingerprint density at radius 2 is 1.79 bits per heavy atom. The molecule has 0 amide bonds. The van der Waals surface area contributed by atoms with Crippen LogP contribution in [0.2, 0.25) is 0 Å². The maximum atomic E-state index is 12.6. The highest BCUT2D eigenvalue weighted by Crippen LogP contribution is 2.27. The van der Waals surface area contributed by atoms with Gasteiger partial charge in [0.05, 0.1) is 18.1 Å². The summed E-state index contributed by atoms with van der Waals surface area (Å²) in [5.41, 5.74) is 3.27. The number of phenolic OH excluding ortho intramolecular Hbond substituents is 1. The predicted octanol–water partition coefficient (Wildman–Crippen LogP) is 3.56. The molecule has 0 bridgehead atoms. The number of para-hydroxylation sites is 1. The molecule has 0 saturated carbocycles. The summed E-state index contributed by atoms with van der Waals surface area (Å²) in [6.07, 6.45) is 4.96. The molecule has 0 unspecified atom stereocenters. The summed E-state index contributed by atoms with van der Waals surface area (Å²) in [6.45, 7) is 0. The molecule has 2 aromatic heterocycles. The fraction of sp³-hybridized carbons (Fsp3) is 0. The standard InChI is InChI=1S/C19H13N3O2/c23-13-7-5-12(6-8-13)19(24)18-11-20-10-17(22-18)15-9-21-16-4-2-1-3-14(15)16/h1-11,21,23H. The highest BCUT2D eigenvalue weighted by molar-refractivity contribution is 6.08. The number of fused-ring (bicyclic) bond motifs is 1. The molecule has 116 valence electrons.